The molecule has 0 fully saturated rings. The van der Waals surface area contributed by atoms with Gasteiger partial charge in [-0.15, -0.1) is 0 Å². The van der Waals surface area contributed by atoms with Gasteiger partial charge in [-0.1, -0.05) is 0 Å². The molecule has 0 spiro atoms. The number of benzene rings is 1. The maximum Gasteiger partial charge on any atom is 0.359 e. The van der Waals surface area contributed by atoms with Gasteiger partial charge in [0.05, 0.1) is 27.4 Å². The van der Waals surface area contributed by atoms with Gasteiger partial charge in [-0.3, -0.25) is 0 Å². The molecule has 0 N–H and O–H groups in total. The average Bonchev–Trinajstić information content (AvgIpc) is 2.59. The average molecular weight is 334 g/mol. The number of hydrogen-bond acceptors (Lipinski definition) is 8. The number of rotatable bonds is 6. The van der Waals surface area contributed by atoms with Crippen molar-refractivity contribution < 1.29 is 28.5 Å². The summed E-state index contributed by atoms with van der Waals surface area (Å²) in [5, 5.41) is 0. The monoisotopic (exact) mass is 334 g/mol. The van der Waals surface area contributed by atoms with E-state index in [4.69, 9.17) is 18.9 Å². The van der Waals surface area contributed by atoms with E-state index in [1.165, 1.54) is 14.2 Å². The van der Waals surface area contributed by atoms with Crippen molar-refractivity contribution in [2.75, 3.05) is 27.4 Å². The number of hydrogen-bond donors (Lipinski definition) is 0. The SMILES string of the molecule is CCOC(=O)c1nc2c(OC)ccc(OC)c2nc1C(=O)OCC. The Hall–Kier alpha value is -2.90. The highest BCUT2D eigenvalue weighted by Crippen LogP contribution is 2.31. The second kappa shape index (κ2) is 7.58. The molecule has 0 radical (unpaired) electrons. The van der Waals surface area contributed by atoms with Gasteiger partial charge in [0.15, 0.2) is 11.4 Å². The van der Waals surface area contributed by atoms with Crippen molar-refractivity contribution in [3.63, 3.8) is 0 Å². The van der Waals surface area contributed by atoms with E-state index in [0.717, 1.165) is 0 Å². The highest BCUT2D eigenvalue weighted by molar-refractivity contribution is 6.03. The largest absolute Gasteiger partial charge is 0.494 e. The molecule has 0 aliphatic heterocycles. The van der Waals surface area contributed by atoms with Gasteiger partial charge in [-0.2, -0.15) is 0 Å². The van der Waals surface area contributed by atoms with Crippen LogP contribution in [0.4, 0.5) is 0 Å². The number of esters is 2. The van der Waals surface area contributed by atoms with Crippen molar-refractivity contribution in [3.8, 4) is 11.5 Å². The van der Waals surface area contributed by atoms with Gasteiger partial charge in [0.25, 0.3) is 0 Å². The molecule has 0 unspecified atom stereocenters. The highest BCUT2D eigenvalue weighted by Gasteiger charge is 2.26. The van der Waals surface area contributed by atoms with Gasteiger partial charge in [0.2, 0.25) is 0 Å². The van der Waals surface area contributed by atoms with E-state index < -0.39 is 11.9 Å². The first-order valence-electron chi connectivity index (χ1n) is 7.34. The van der Waals surface area contributed by atoms with E-state index >= 15 is 0 Å². The zero-order valence-corrected chi connectivity index (χ0v) is 13.9. The van der Waals surface area contributed by atoms with E-state index in [2.05, 4.69) is 9.97 Å². The fraction of sp³-hybridized carbons (Fsp3) is 0.375. The lowest BCUT2D eigenvalue weighted by Crippen LogP contribution is -2.18. The molecular formula is C16H18N2O6. The third-order valence-corrected chi connectivity index (χ3v) is 3.13. The summed E-state index contributed by atoms with van der Waals surface area (Å²) in [5.74, 6) is -0.752. The van der Waals surface area contributed by atoms with Crippen LogP contribution in [0.1, 0.15) is 34.8 Å². The molecule has 1 aromatic heterocycles. The van der Waals surface area contributed by atoms with E-state index in [0.29, 0.717) is 11.5 Å². The molecule has 0 aliphatic carbocycles. The van der Waals surface area contributed by atoms with Gasteiger partial charge in [-0.05, 0) is 26.0 Å². The first-order chi connectivity index (χ1) is 11.6. The van der Waals surface area contributed by atoms with Crippen LogP contribution >= 0.6 is 0 Å². The van der Waals surface area contributed by atoms with Crippen molar-refractivity contribution in [2.45, 2.75) is 13.8 Å². The Kier molecular flexibility index (Phi) is 5.51. The molecule has 128 valence electrons. The molecule has 0 bridgehead atoms. The van der Waals surface area contributed by atoms with Gasteiger partial charge in [0, 0.05) is 0 Å². The summed E-state index contributed by atoms with van der Waals surface area (Å²) in [5.41, 5.74) is 0.115. The van der Waals surface area contributed by atoms with E-state index in [9.17, 15) is 9.59 Å². The minimum Gasteiger partial charge on any atom is -0.494 e. The Morgan fingerprint density at radius 1 is 0.833 bits per heavy atom. The number of nitrogens with zero attached hydrogens (tertiary/aromatic N) is 2. The minimum atomic E-state index is -0.764. The predicted molar refractivity (Wildman–Crippen MR) is 84.6 cm³/mol. The summed E-state index contributed by atoms with van der Waals surface area (Å²) in [7, 11) is 2.93. The van der Waals surface area contributed by atoms with Crippen molar-refractivity contribution in [1.82, 2.24) is 9.97 Å². The molecule has 0 saturated carbocycles. The van der Waals surface area contributed by atoms with Crippen LogP contribution in [-0.2, 0) is 9.47 Å². The molecule has 0 saturated heterocycles. The topological polar surface area (TPSA) is 96.8 Å². The van der Waals surface area contributed by atoms with Crippen LogP contribution in [0.15, 0.2) is 12.1 Å². The second-order valence-electron chi connectivity index (χ2n) is 4.53. The molecule has 0 atom stereocenters. The fourth-order valence-corrected chi connectivity index (χ4v) is 2.10. The van der Waals surface area contributed by atoms with Crippen LogP contribution in [0.5, 0.6) is 11.5 Å². The first kappa shape index (κ1) is 17.5. The predicted octanol–water partition coefficient (Wildman–Crippen LogP) is 2.00. The van der Waals surface area contributed by atoms with Crippen LogP contribution in [0.25, 0.3) is 11.0 Å². The summed E-state index contributed by atoms with van der Waals surface area (Å²) < 4.78 is 20.4. The number of carbonyl (C=O) groups excluding carboxylic acids is 2. The Morgan fingerprint density at radius 3 is 1.50 bits per heavy atom. The number of fused-ring (bicyclic) bond motifs is 1. The van der Waals surface area contributed by atoms with Crippen LogP contribution < -0.4 is 9.47 Å². The zero-order valence-electron chi connectivity index (χ0n) is 13.9. The van der Waals surface area contributed by atoms with E-state index in [1.807, 2.05) is 0 Å². The van der Waals surface area contributed by atoms with Gasteiger partial charge >= 0.3 is 11.9 Å². The van der Waals surface area contributed by atoms with Crippen molar-refractivity contribution >= 4 is 23.0 Å². The second-order valence-corrected chi connectivity index (χ2v) is 4.53. The summed E-state index contributed by atoms with van der Waals surface area (Å²) >= 11 is 0. The molecule has 24 heavy (non-hydrogen) atoms. The van der Waals surface area contributed by atoms with E-state index in [-0.39, 0.29) is 35.6 Å². The molecule has 2 rings (SSSR count). The smallest absolute Gasteiger partial charge is 0.359 e. The highest BCUT2D eigenvalue weighted by atomic mass is 16.5. The van der Waals surface area contributed by atoms with Gasteiger partial charge in [-0.25, -0.2) is 19.6 Å². The third kappa shape index (κ3) is 3.22. The van der Waals surface area contributed by atoms with Crippen LogP contribution in [-0.4, -0.2) is 49.3 Å². The normalized spacial score (nSPS) is 10.3. The van der Waals surface area contributed by atoms with Crippen molar-refractivity contribution in [3.05, 3.63) is 23.5 Å². The molecule has 0 aliphatic rings. The Balaban J connectivity index is 2.78. The van der Waals surface area contributed by atoms with Crippen molar-refractivity contribution in [1.29, 1.82) is 0 Å². The maximum atomic E-state index is 12.2. The zero-order chi connectivity index (χ0) is 17.7. The Morgan fingerprint density at radius 2 is 1.21 bits per heavy atom. The molecular weight excluding hydrogens is 316 g/mol. The molecule has 8 heteroatoms. The molecule has 1 aromatic carbocycles. The van der Waals surface area contributed by atoms with E-state index in [1.54, 1.807) is 26.0 Å². The summed E-state index contributed by atoms with van der Waals surface area (Å²) in [6, 6.07) is 3.27. The summed E-state index contributed by atoms with van der Waals surface area (Å²) in [6.07, 6.45) is 0. The Labute approximate surface area is 138 Å². The number of aromatic nitrogens is 2. The van der Waals surface area contributed by atoms with Crippen LogP contribution in [0.3, 0.4) is 0 Å². The number of carbonyl (C=O) groups is 2. The standard InChI is InChI=1S/C16H18N2O6/c1-5-23-15(19)13-14(16(20)24-6-2)18-12-10(22-4)8-7-9(21-3)11(12)17-13/h7-8H,5-6H2,1-4H3. The quantitative estimate of drug-likeness (QED) is 0.740. The third-order valence-electron chi connectivity index (χ3n) is 3.13. The first-order valence-corrected chi connectivity index (χ1v) is 7.34. The lowest BCUT2D eigenvalue weighted by Gasteiger charge is -2.12. The number of methoxy groups -OCH3 is 2. The lowest BCUT2D eigenvalue weighted by atomic mass is 10.2. The molecule has 2 aromatic rings. The van der Waals surface area contributed by atoms with Crippen molar-refractivity contribution in [2.24, 2.45) is 0 Å². The van der Waals surface area contributed by atoms with Crippen LogP contribution in [0.2, 0.25) is 0 Å². The molecule has 1 heterocycles. The minimum absolute atomic E-state index is 0.135. The molecule has 8 nitrogen and oxygen atoms in total. The Bertz CT molecular complexity index is 710. The lowest BCUT2D eigenvalue weighted by molar-refractivity contribution is 0.0468. The maximum absolute atomic E-state index is 12.2. The molecule has 0 amide bonds. The van der Waals surface area contributed by atoms with Crippen LogP contribution in [0, 0.1) is 0 Å². The fourth-order valence-electron chi connectivity index (χ4n) is 2.10. The van der Waals surface area contributed by atoms with Gasteiger partial charge in [0.1, 0.15) is 22.5 Å². The summed E-state index contributed by atoms with van der Waals surface area (Å²) in [4.78, 5) is 32.8. The summed E-state index contributed by atoms with van der Waals surface area (Å²) in [6.45, 7) is 3.58. The van der Waals surface area contributed by atoms with Gasteiger partial charge < -0.3 is 18.9 Å². The number of ether oxygens (including phenoxy) is 4.